The molecule has 1 aromatic heterocycles. The molecule has 5 aliphatic heterocycles. The SMILES string of the molecule is CN1CC23CN(S(=O)(=O)c4cc5ccc(Cl)cc5[nH]4)CC(=O)N2CC2(CCN(C4=NCCCO4)CC2)N3C1=O. The van der Waals surface area contributed by atoms with E-state index in [-0.39, 0.29) is 36.6 Å². The summed E-state index contributed by atoms with van der Waals surface area (Å²) in [6.45, 7) is 3.04. The largest absolute Gasteiger partial charge is 0.465 e. The van der Waals surface area contributed by atoms with Crippen molar-refractivity contribution < 1.29 is 22.7 Å². The van der Waals surface area contributed by atoms with Gasteiger partial charge in [0.25, 0.3) is 16.0 Å². The smallest absolute Gasteiger partial charge is 0.322 e. The summed E-state index contributed by atoms with van der Waals surface area (Å²) in [5.74, 6) is -0.295. The number of piperazine rings is 1. The number of nitrogens with one attached hydrogen (secondary N) is 1. The Morgan fingerprint density at radius 3 is 2.64 bits per heavy atom. The molecule has 7 rings (SSSR count). The molecule has 0 aliphatic carbocycles. The number of halogens is 1. The predicted octanol–water partition coefficient (Wildman–Crippen LogP) is 1.34. The van der Waals surface area contributed by atoms with Crippen molar-refractivity contribution >= 4 is 50.5 Å². The lowest BCUT2D eigenvalue weighted by Gasteiger charge is -2.48. The summed E-state index contributed by atoms with van der Waals surface area (Å²) in [6, 6.07) is 7.15. The van der Waals surface area contributed by atoms with Gasteiger partial charge >= 0.3 is 6.03 Å². The number of aromatic nitrogens is 1. The first-order chi connectivity index (χ1) is 18.6. The summed E-state index contributed by atoms with van der Waals surface area (Å²) < 4.78 is 34.7. The number of aliphatic imine (C=N–C) groups is 1. The highest BCUT2D eigenvalue weighted by Crippen LogP contribution is 2.50. The minimum atomic E-state index is -4.06. The van der Waals surface area contributed by atoms with Crippen LogP contribution in [0.5, 0.6) is 0 Å². The number of amides is 3. The summed E-state index contributed by atoms with van der Waals surface area (Å²) in [4.78, 5) is 42.1. The molecule has 3 amide bonds. The molecule has 2 aromatic rings. The molecule has 14 heteroatoms. The summed E-state index contributed by atoms with van der Waals surface area (Å²) in [5.41, 5.74) is -1.05. The summed E-state index contributed by atoms with van der Waals surface area (Å²) in [6.07, 6.45) is 2.17. The Hall–Kier alpha value is -3.03. The molecule has 1 unspecified atom stereocenters. The molecule has 12 nitrogen and oxygen atoms in total. The number of fused-ring (bicyclic) bond motifs is 2. The molecular weight excluding hydrogens is 546 g/mol. The van der Waals surface area contributed by atoms with E-state index in [4.69, 9.17) is 16.3 Å². The lowest BCUT2D eigenvalue weighted by atomic mass is 9.86. The number of sulfonamides is 1. The standard InChI is InChI=1S/C25H30ClN7O5S/c1-29-15-25-16-31(39(36,37)20-11-17-3-4-18(26)12-19(17)28-20)13-21(34)32(25)14-24(33(25)23(29)35)5-8-30(9-6-24)22-27-7-2-10-38-22/h3-4,11-12,28H,2,5-10,13-16H2,1H3. The number of rotatable bonds is 2. The zero-order valence-corrected chi connectivity index (χ0v) is 23.2. The molecule has 0 radical (unpaired) electrons. The van der Waals surface area contributed by atoms with Gasteiger partial charge in [-0.1, -0.05) is 17.7 Å². The van der Waals surface area contributed by atoms with Crippen molar-refractivity contribution in [3.8, 4) is 0 Å². The summed E-state index contributed by atoms with van der Waals surface area (Å²) in [7, 11) is -2.35. The number of piperidine rings is 1. The van der Waals surface area contributed by atoms with Crippen LogP contribution in [0, 0.1) is 0 Å². The van der Waals surface area contributed by atoms with Gasteiger partial charge in [-0.2, -0.15) is 4.31 Å². The molecule has 4 fully saturated rings. The topological polar surface area (TPSA) is 122 Å². The zero-order chi connectivity index (χ0) is 27.2. The Labute approximate surface area is 231 Å². The molecule has 4 saturated heterocycles. The number of nitrogens with zero attached hydrogens (tertiary/aromatic N) is 6. The highest BCUT2D eigenvalue weighted by molar-refractivity contribution is 7.89. The maximum absolute atomic E-state index is 13.9. The van der Waals surface area contributed by atoms with Crippen LogP contribution >= 0.6 is 11.6 Å². The summed E-state index contributed by atoms with van der Waals surface area (Å²) in [5, 5.41) is 1.19. The van der Waals surface area contributed by atoms with Gasteiger partial charge in [-0.25, -0.2) is 18.2 Å². The Morgan fingerprint density at radius 1 is 1.10 bits per heavy atom. The average molecular weight is 576 g/mol. The van der Waals surface area contributed by atoms with Gasteiger partial charge in [0.2, 0.25) is 5.91 Å². The van der Waals surface area contributed by atoms with Gasteiger partial charge in [-0.05, 0) is 31.0 Å². The van der Waals surface area contributed by atoms with Crippen LogP contribution in [0.3, 0.4) is 0 Å². The molecule has 1 atom stereocenters. The minimum Gasteiger partial charge on any atom is -0.465 e. The fourth-order valence-electron chi connectivity index (χ4n) is 6.99. The Bertz CT molecular complexity index is 1520. The molecule has 5 aliphatic rings. The van der Waals surface area contributed by atoms with E-state index in [0.29, 0.717) is 61.0 Å². The molecule has 208 valence electrons. The molecule has 0 saturated carbocycles. The number of benzene rings is 1. The number of amidine groups is 1. The van der Waals surface area contributed by atoms with E-state index in [2.05, 4.69) is 14.9 Å². The van der Waals surface area contributed by atoms with E-state index in [9.17, 15) is 18.0 Å². The molecule has 0 bridgehead atoms. The lowest BCUT2D eigenvalue weighted by Crippen LogP contribution is -2.68. The second kappa shape index (κ2) is 8.48. The van der Waals surface area contributed by atoms with Crippen LogP contribution < -0.4 is 0 Å². The number of carbonyl (C=O) groups is 2. The quantitative estimate of drug-likeness (QED) is 0.577. The van der Waals surface area contributed by atoms with Gasteiger partial charge in [0.1, 0.15) is 5.03 Å². The first-order valence-electron chi connectivity index (χ1n) is 13.2. The van der Waals surface area contributed by atoms with Gasteiger partial charge in [-0.3, -0.25) is 9.69 Å². The van der Waals surface area contributed by atoms with Gasteiger partial charge in [0.05, 0.1) is 31.8 Å². The normalized spacial score (nSPS) is 27.3. The first-order valence-corrected chi connectivity index (χ1v) is 15.0. The van der Waals surface area contributed by atoms with E-state index in [1.54, 1.807) is 41.1 Å². The summed E-state index contributed by atoms with van der Waals surface area (Å²) >= 11 is 6.09. The van der Waals surface area contributed by atoms with Gasteiger partial charge in [-0.15, -0.1) is 0 Å². The van der Waals surface area contributed by atoms with Crippen LogP contribution in [0.4, 0.5) is 4.79 Å². The number of likely N-dealkylation sites (tertiary alicyclic amines) is 1. The molecule has 6 heterocycles. The highest BCUT2D eigenvalue weighted by atomic mass is 35.5. The van der Waals surface area contributed by atoms with E-state index in [0.717, 1.165) is 13.0 Å². The monoisotopic (exact) mass is 575 g/mol. The number of hydrogen-bond donors (Lipinski definition) is 1. The van der Waals surface area contributed by atoms with Crippen molar-refractivity contribution in [2.75, 3.05) is 59.5 Å². The van der Waals surface area contributed by atoms with E-state index in [1.165, 1.54) is 4.31 Å². The van der Waals surface area contributed by atoms with Crippen molar-refractivity contribution in [2.45, 2.75) is 35.5 Å². The fraction of sp³-hybridized carbons (Fsp3) is 0.560. The van der Waals surface area contributed by atoms with Crippen molar-refractivity contribution in [3.63, 3.8) is 0 Å². The van der Waals surface area contributed by atoms with Crippen molar-refractivity contribution in [1.82, 2.24) is 28.9 Å². The van der Waals surface area contributed by atoms with Gasteiger partial charge < -0.3 is 24.4 Å². The Balaban J connectivity index is 1.21. The lowest BCUT2D eigenvalue weighted by molar-refractivity contribution is -0.143. The number of carbonyl (C=O) groups excluding carboxylic acids is 2. The van der Waals surface area contributed by atoms with Crippen LogP contribution in [0.1, 0.15) is 19.3 Å². The second-order valence-corrected chi connectivity index (χ2v) is 13.5. The minimum absolute atomic E-state index is 0.00378. The number of urea groups is 1. The Morgan fingerprint density at radius 2 is 1.90 bits per heavy atom. The van der Waals surface area contributed by atoms with Crippen LogP contribution in [0.15, 0.2) is 34.3 Å². The number of ether oxygens (including phenoxy) is 1. The third-order valence-corrected chi connectivity index (χ3v) is 10.8. The van der Waals surface area contributed by atoms with Crippen LogP contribution in [-0.2, 0) is 19.6 Å². The molecule has 2 spiro atoms. The third kappa shape index (κ3) is 3.59. The average Bonchev–Trinajstić information content (AvgIpc) is 3.54. The van der Waals surface area contributed by atoms with Crippen LogP contribution in [0.2, 0.25) is 5.02 Å². The number of H-pyrrole nitrogens is 1. The van der Waals surface area contributed by atoms with Crippen LogP contribution in [0.25, 0.3) is 10.9 Å². The fourth-order valence-corrected chi connectivity index (χ4v) is 8.61. The van der Waals surface area contributed by atoms with Crippen molar-refractivity contribution in [1.29, 1.82) is 0 Å². The predicted molar refractivity (Wildman–Crippen MR) is 143 cm³/mol. The van der Waals surface area contributed by atoms with Gasteiger partial charge in [0, 0.05) is 55.6 Å². The molecule has 1 N–H and O–H groups in total. The van der Waals surface area contributed by atoms with E-state index >= 15 is 0 Å². The number of likely N-dealkylation sites (N-methyl/N-ethyl adjacent to an activating group) is 1. The van der Waals surface area contributed by atoms with Crippen molar-refractivity contribution in [2.24, 2.45) is 4.99 Å². The molecule has 39 heavy (non-hydrogen) atoms. The highest BCUT2D eigenvalue weighted by Gasteiger charge is 2.69. The third-order valence-electron chi connectivity index (χ3n) is 8.82. The van der Waals surface area contributed by atoms with E-state index in [1.807, 2.05) is 4.90 Å². The van der Waals surface area contributed by atoms with Crippen molar-refractivity contribution in [3.05, 3.63) is 29.3 Å². The maximum Gasteiger partial charge on any atom is 0.322 e. The number of aromatic amines is 1. The van der Waals surface area contributed by atoms with E-state index < -0.39 is 21.2 Å². The van der Waals surface area contributed by atoms with Gasteiger partial charge in [0.15, 0.2) is 5.66 Å². The molecular formula is C25H30ClN7O5S. The Kier molecular flexibility index (Phi) is 5.43. The zero-order valence-electron chi connectivity index (χ0n) is 21.6. The second-order valence-electron chi connectivity index (χ2n) is 11.2. The maximum atomic E-state index is 13.9. The first kappa shape index (κ1) is 25.0. The number of hydrogen-bond acceptors (Lipinski definition) is 7. The molecule has 1 aromatic carbocycles. The van der Waals surface area contributed by atoms with Crippen LogP contribution in [-0.4, -0.2) is 126 Å².